The van der Waals surface area contributed by atoms with Crippen LogP contribution in [-0.2, 0) is 14.6 Å². The maximum Gasteiger partial charge on any atom is 0.178 e. The Morgan fingerprint density at radius 1 is 1.24 bits per heavy atom. The molecule has 3 atom stereocenters. The molecular weight excluding hydrogens is 332 g/mol. The van der Waals surface area contributed by atoms with Gasteiger partial charge in [0.15, 0.2) is 9.84 Å². The summed E-state index contributed by atoms with van der Waals surface area (Å²) in [5, 5.41) is 0. The van der Waals surface area contributed by atoms with Crippen LogP contribution in [0.15, 0.2) is 46.9 Å². The van der Waals surface area contributed by atoms with Crippen LogP contribution in [0.2, 0.25) is 0 Å². The lowest BCUT2D eigenvalue weighted by atomic mass is 9.63. The number of ketones is 1. The first-order valence-corrected chi connectivity index (χ1v) is 11.0. The summed E-state index contributed by atoms with van der Waals surface area (Å²) in [7, 11) is -3.20. The number of rotatable bonds is 6. The summed E-state index contributed by atoms with van der Waals surface area (Å²) >= 11 is 0. The first-order chi connectivity index (χ1) is 11.8. The molecule has 1 fully saturated rings. The quantitative estimate of drug-likeness (QED) is 0.698. The number of Topliss-reactive ketones (excluding diaryl/α,β-unsaturated/α-hetero) is 1. The molecule has 3 nitrogen and oxygen atoms in total. The van der Waals surface area contributed by atoms with Gasteiger partial charge in [0.1, 0.15) is 5.78 Å². The number of carbonyl (C=O) groups excluding carboxylic acids is 1. The minimum absolute atomic E-state index is 0.00700. The third kappa shape index (κ3) is 3.59. The normalized spacial score (nSPS) is 27.7. The van der Waals surface area contributed by atoms with Gasteiger partial charge in [-0.1, -0.05) is 43.7 Å². The maximum atomic E-state index is 12.4. The van der Waals surface area contributed by atoms with Crippen molar-refractivity contribution >= 4 is 15.6 Å². The summed E-state index contributed by atoms with van der Waals surface area (Å²) in [4.78, 5) is 12.6. The number of fused-ring (bicyclic) bond motifs is 1. The van der Waals surface area contributed by atoms with Gasteiger partial charge in [0.2, 0.25) is 0 Å². The van der Waals surface area contributed by atoms with E-state index in [0.29, 0.717) is 23.0 Å². The number of sulfone groups is 1. The van der Waals surface area contributed by atoms with Gasteiger partial charge in [-0.3, -0.25) is 4.79 Å². The molecule has 0 N–H and O–H groups in total. The summed E-state index contributed by atoms with van der Waals surface area (Å²) in [5.41, 5.74) is 1.40. The predicted molar refractivity (Wildman–Crippen MR) is 100 cm³/mol. The monoisotopic (exact) mass is 360 g/mol. The van der Waals surface area contributed by atoms with Gasteiger partial charge in [-0.15, -0.1) is 0 Å². The van der Waals surface area contributed by atoms with E-state index >= 15 is 0 Å². The van der Waals surface area contributed by atoms with Gasteiger partial charge in [-0.25, -0.2) is 8.42 Å². The molecule has 0 aromatic heterocycles. The Kier molecular flexibility index (Phi) is 5.19. The van der Waals surface area contributed by atoms with Crippen molar-refractivity contribution in [2.24, 2.45) is 17.3 Å². The van der Waals surface area contributed by atoms with Gasteiger partial charge < -0.3 is 0 Å². The minimum atomic E-state index is -3.20. The predicted octanol–water partition coefficient (Wildman–Crippen LogP) is 4.58. The minimum Gasteiger partial charge on any atom is -0.299 e. The highest BCUT2D eigenvalue weighted by atomic mass is 32.2. The van der Waals surface area contributed by atoms with E-state index in [-0.39, 0.29) is 17.1 Å². The Morgan fingerprint density at radius 2 is 1.96 bits per heavy atom. The fourth-order valence-corrected chi connectivity index (χ4v) is 6.15. The molecule has 0 bridgehead atoms. The largest absolute Gasteiger partial charge is 0.299 e. The summed E-state index contributed by atoms with van der Waals surface area (Å²) in [6.07, 6.45) is 7.45. The van der Waals surface area contributed by atoms with Gasteiger partial charge in [0, 0.05) is 12.3 Å². The Balaban J connectivity index is 1.60. The molecule has 136 valence electrons. The van der Waals surface area contributed by atoms with Crippen LogP contribution >= 0.6 is 0 Å². The van der Waals surface area contributed by atoms with Crippen LogP contribution in [0.1, 0.15) is 52.4 Å². The second-order valence-electron chi connectivity index (χ2n) is 7.86. The molecule has 0 amide bonds. The molecule has 2 aliphatic carbocycles. The molecule has 1 unspecified atom stereocenters. The molecule has 0 heterocycles. The maximum absolute atomic E-state index is 12.4. The molecule has 4 heteroatoms. The molecule has 25 heavy (non-hydrogen) atoms. The van der Waals surface area contributed by atoms with Crippen molar-refractivity contribution in [1.29, 1.82) is 0 Å². The Hall–Kier alpha value is -1.42. The summed E-state index contributed by atoms with van der Waals surface area (Å²) in [6, 6.07) is 8.69. The molecule has 0 saturated heterocycles. The van der Waals surface area contributed by atoms with E-state index in [1.807, 2.05) is 6.07 Å². The Morgan fingerprint density at radius 3 is 2.68 bits per heavy atom. The van der Waals surface area contributed by atoms with Crippen LogP contribution in [0.4, 0.5) is 0 Å². The van der Waals surface area contributed by atoms with E-state index in [9.17, 15) is 13.2 Å². The van der Waals surface area contributed by atoms with Crippen molar-refractivity contribution in [1.82, 2.24) is 0 Å². The van der Waals surface area contributed by atoms with Crippen LogP contribution in [0.5, 0.6) is 0 Å². The van der Waals surface area contributed by atoms with Crippen molar-refractivity contribution < 1.29 is 13.2 Å². The highest BCUT2D eigenvalue weighted by Gasteiger charge is 2.47. The lowest BCUT2D eigenvalue weighted by Gasteiger charge is -2.40. The molecule has 0 aliphatic heterocycles. The van der Waals surface area contributed by atoms with Gasteiger partial charge in [0.25, 0.3) is 0 Å². The van der Waals surface area contributed by atoms with Gasteiger partial charge >= 0.3 is 0 Å². The molecule has 1 saturated carbocycles. The lowest BCUT2D eigenvalue weighted by Crippen LogP contribution is -2.36. The average molecular weight is 361 g/mol. The Labute approximate surface area is 151 Å². The number of hydrogen-bond acceptors (Lipinski definition) is 3. The highest BCUT2D eigenvalue weighted by Crippen LogP contribution is 2.53. The molecule has 2 aliphatic rings. The fraction of sp³-hybridized carbons (Fsp3) is 0.571. The van der Waals surface area contributed by atoms with Crippen LogP contribution in [0.3, 0.4) is 0 Å². The SMILES string of the molecule is C[C@H](CCCS(=O)(=O)c1ccccc1)C1=CCC2C(=O)CCC[C@]12C. The van der Waals surface area contributed by atoms with E-state index in [1.165, 1.54) is 5.57 Å². The fourth-order valence-electron chi connectivity index (χ4n) is 4.79. The zero-order valence-corrected chi connectivity index (χ0v) is 16.0. The van der Waals surface area contributed by atoms with E-state index in [2.05, 4.69) is 19.9 Å². The molecule has 3 rings (SSSR count). The van der Waals surface area contributed by atoms with Crippen LogP contribution in [-0.4, -0.2) is 20.0 Å². The van der Waals surface area contributed by atoms with Crippen molar-refractivity contribution in [2.75, 3.05) is 5.75 Å². The van der Waals surface area contributed by atoms with Crippen molar-refractivity contribution in [3.8, 4) is 0 Å². The van der Waals surface area contributed by atoms with Crippen LogP contribution < -0.4 is 0 Å². The average Bonchev–Trinajstić information content (AvgIpc) is 2.94. The molecule has 0 radical (unpaired) electrons. The molecule has 0 spiro atoms. The van der Waals surface area contributed by atoms with Gasteiger partial charge in [0.05, 0.1) is 10.6 Å². The van der Waals surface area contributed by atoms with Crippen molar-refractivity contribution in [3.63, 3.8) is 0 Å². The number of allylic oxidation sites excluding steroid dienone is 2. The van der Waals surface area contributed by atoms with Gasteiger partial charge in [-0.05, 0) is 55.6 Å². The highest BCUT2D eigenvalue weighted by molar-refractivity contribution is 7.91. The Bertz CT molecular complexity index is 764. The number of benzene rings is 1. The summed E-state index contributed by atoms with van der Waals surface area (Å²) in [6.45, 7) is 4.43. The lowest BCUT2D eigenvalue weighted by molar-refractivity contribution is -0.128. The molecule has 1 aromatic carbocycles. The first-order valence-electron chi connectivity index (χ1n) is 9.35. The zero-order valence-electron chi connectivity index (χ0n) is 15.2. The van der Waals surface area contributed by atoms with Crippen LogP contribution in [0, 0.1) is 17.3 Å². The first kappa shape index (κ1) is 18.4. The third-order valence-electron chi connectivity index (χ3n) is 6.19. The molecular formula is C21H28O3S. The number of carbonyl (C=O) groups is 1. The second kappa shape index (κ2) is 7.06. The van der Waals surface area contributed by atoms with Crippen LogP contribution in [0.25, 0.3) is 0 Å². The van der Waals surface area contributed by atoms with Crippen molar-refractivity contribution in [3.05, 3.63) is 42.0 Å². The standard InChI is InChI=1S/C21H28O3S/c1-16(8-7-15-25(23,24)17-9-4-3-5-10-17)18-12-13-19-20(22)11-6-14-21(18,19)2/h3-5,9-10,12,16,19H,6-8,11,13-15H2,1-2H3/t16-,19?,21-/m1/s1. The smallest absolute Gasteiger partial charge is 0.178 e. The summed E-state index contributed by atoms with van der Waals surface area (Å²) in [5.74, 6) is 1.10. The topological polar surface area (TPSA) is 51.2 Å². The van der Waals surface area contributed by atoms with Crippen molar-refractivity contribution in [2.45, 2.75) is 57.3 Å². The van der Waals surface area contributed by atoms with E-state index in [4.69, 9.17) is 0 Å². The van der Waals surface area contributed by atoms with Gasteiger partial charge in [-0.2, -0.15) is 0 Å². The number of hydrogen-bond donors (Lipinski definition) is 0. The van der Waals surface area contributed by atoms with E-state index in [1.54, 1.807) is 24.3 Å². The molecule has 1 aromatic rings. The summed E-state index contributed by atoms with van der Waals surface area (Å²) < 4.78 is 24.8. The second-order valence-corrected chi connectivity index (χ2v) is 9.97. The third-order valence-corrected chi connectivity index (χ3v) is 8.01. The van der Waals surface area contributed by atoms with E-state index in [0.717, 1.165) is 32.1 Å². The van der Waals surface area contributed by atoms with E-state index < -0.39 is 9.84 Å². The zero-order chi connectivity index (χ0) is 18.1.